The Balaban J connectivity index is 1.68. The maximum Gasteiger partial charge on any atom is 0.506 e. The van der Waals surface area contributed by atoms with Crippen molar-refractivity contribution in [3.05, 3.63) is 17.7 Å². The molecule has 2 saturated carbocycles. The molecule has 0 aliphatic heterocycles. The van der Waals surface area contributed by atoms with Crippen LogP contribution < -0.4 is 10.2 Å². The van der Waals surface area contributed by atoms with Gasteiger partial charge in [0.15, 0.2) is 0 Å². The highest BCUT2D eigenvalue weighted by Gasteiger charge is 2.28. The molecule has 1 amide bonds. The van der Waals surface area contributed by atoms with Crippen LogP contribution in [0.15, 0.2) is 17.2 Å². The van der Waals surface area contributed by atoms with Crippen molar-refractivity contribution < 1.29 is 19.4 Å². The predicted octanol–water partition coefficient (Wildman–Crippen LogP) is 5.09. The highest BCUT2D eigenvalue weighted by Crippen LogP contribution is 2.30. The standard InChI is InChI=1S/C23H35N3O4S/c1-3-15-31-22-19(21(27)24-16-7-5-4-6-8-16)13-14-20(25-22)26(2)17-9-11-18(12-10-17)30-23(28)29/h13-14,16-18H,3-12,15H2,1-2H3,(H,24,27)(H,28,29). The number of pyridine rings is 1. The summed E-state index contributed by atoms with van der Waals surface area (Å²) in [5.41, 5.74) is 0.666. The summed E-state index contributed by atoms with van der Waals surface area (Å²) in [7, 11) is 2.03. The molecule has 1 aromatic heterocycles. The Morgan fingerprint density at radius 3 is 2.52 bits per heavy atom. The molecule has 1 heterocycles. The van der Waals surface area contributed by atoms with Gasteiger partial charge in [-0.2, -0.15) is 0 Å². The Labute approximate surface area is 189 Å². The molecule has 0 radical (unpaired) electrons. The number of nitrogens with zero attached hydrogens (tertiary/aromatic N) is 2. The van der Waals surface area contributed by atoms with Crippen molar-refractivity contribution in [3.8, 4) is 0 Å². The second-order valence-electron chi connectivity index (χ2n) is 8.60. The van der Waals surface area contributed by atoms with E-state index in [1.165, 1.54) is 19.3 Å². The topological polar surface area (TPSA) is 91.8 Å². The molecule has 0 bridgehead atoms. The van der Waals surface area contributed by atoms with Crippen molar-refractivity contribution in [1.29, 1.82) is 0 Å². The Hall–Kier alpha value is -1.96. The lowest BCUT2D eigenvalue weighted by Crippen LogP contribution is -2.38. The van der Waals surface area contributed by atoms with E-state index in [1.54, 1.807) is 11.8 Å². The smallest absolute Gasteiger partial charge is 0.450 e. The number of hydrogen-bond donors (Lipinski definition) is 2. The van der Waals surface area contributed by atoms with E-state index >= 15 is 0 Å². The lowest BCUT2D eigenvalue weighted by molar-refractivity contribution is 0.0332. The number of carbonyl (C=O) groups is 2. The van der Waals surface area contributed by atoms with Crippen LogP contribution in [0, 0.1) is 0 Å². The first-order valence-electron chi connectivity index (χ1n) is 11.5. The Bertz CT molecular complexity index is 746. The van der Waals surface area contributed by atoms with Crippen molar-refractivity contribution in [2.75, 3.05) is 17.7 Å². The van der Waals surface area contributed by atoms with E-state index < -0.39 is 6.16 Å². The second kappa shape index (κ2) is 11.6. The molecule has 8 heteroatoms. The zero-order valence-electron chi connectivity index (χ0n) is 18.6. The molecule has 2 N–H and O–H groups in total. The van der Waals surface area contributed by atoms with Gasteiger partial charge in [0.2, 0.25) is 0 Å². The highest BCUT2D eigenvalue weighted by atomic mass is 32.2. The number of thioether (sulfide) groups is 1. The number of anilines is 1. The third kappa shape index (κ3) is 6.76. The summed E-state index contributed by atoms with van der Waals surface area (Å²) in [6.07, 6.45) is 8.53. The van der Waals surface area contributed by atoms with E-state index in [-0.39, 0.29) is 24.1 Å². The van der Waals surface area contributed by atoms with E-state index in [0.29, 0.717) is 5.56 Å². The first-order valence-corrected chi connectivity index (χ1v) is 12.5. The van der Waals surface area contributed by atoms with Crippen LogP contribution in [0.2, 0.25) is 0 Å². The molecule has 31 heavy (non-hydrogen) atoms. The summed E-state index contributed by atoms with van der Waals surface area (Å²) in [5.74, 6) is 1.76. The zero-order chi connectivity index (χ0) is 22.2. The van der Waals surface area contributed by atoms with Gasteiger partial charge in [-0.15, -0.1) is 11.8 Å². The van der Waals surface area contributed by atoms with Crippen LogP contribution in [-0.2, 0) is 4.74 Å². The van der Waals surface area contributed by atoms with Crippen molar-refractivity contribution in [2.45, 2.75) is 94.3 Å². The van der Waals surface area contributed by atoms with Crippen molar-refractivity contribution in [2.24, 2.45) is 0 Å². The van der Waals surface area contributed by atoms with Gasteiger partial charge in [-0.3, -0.25) is 4.79 Å². The van der Waals surface area contributed by atoms with Crippen LogP contribution in [-0.4, -0.2) is 53.1 Å². The maximum absolute atomic E-state index is 13.0. The number of ether oxygens (including phenoxy) is 1. The fourth-order valence-electron chi connectivity index (χ4n) is 4.50. The molecule has 172 valence electrons. The van der Waals surface area contributed by atoms with Crippen LogP contribution in [0.25, 0.3) is 0 Å². The Morgan fingerprint density at radius 2 is 1.87 bits per heavy atom. The molecule has 1 aromatic rings. The third-order valence-electron chi connectivity index (χ3n) is 6.29. The SMILES string of the molecule is CCCSc1nc(N(C)C2CCC(OC(=O)O)CC2)ccc1C(=O)NC1CCCCC1. The molecular formula is C23H35N3O4S. The number of aromatic nitrogens is 1. The van der Waals surface area contributed by atoms with Crippen LogP contribution in [0.5, 0.6) is 0 Å². The molecule has 0 saturated heterocycles. The first kappa shape index (κ1) is 23.7. The number of carbonyl (C=O) groups excluding carboxylic acids is 1. The number of nitrogens with one attached hydrogen (secondary N) is 1. The molecule has 0 unspecified atom stereocenters. The minimum atomic E-state index is -1.20. The Kier molecular flexibility index (Phi) is 8.87. The van der Waals surface area contributed by atoms with E-state index in [4.69, 9.17) is 14.8 Å². The highest BCUT2D eigenvalue weighted by molar-refractivity contribution is 7.99. The summed E-state index contributed by atoms with van der Waals surface area (Å²) in [5, 5.41) is 12.8. The number of rotatable bonds is 8. The van der Waals surface area contributed by atoms with Gasteiger partial charge in [-0.05, 0) is 62.8 Å². The first-order chi connectivity index (χ1) is 15.0. The molecule has 2 aliphatic carbocycles. The normalized spacial score (nSPS) is 22.0. The number of amides is 1. The van der Waals surface area contributed by atoms with E-state index in [0.717, 1.165) is 61.5 Å². The molecule has 2 aliphatic rings. The number of hydrogen-bond acceptors (Lipinski definition) is 6. The predicted molar refractivity (Wildman–Crippen MR) is 123 cm³/mol. The van der Waals surface area contributed by atoms with E-state index in [2.05, 4.69) is 17.1 Å². The molecular weight excluding hydrogens is 414 g/mol. The summed E-state index contributed by atoms with van der Waals surface area (Å²) < 4.78 is 4.93. The minimum absolute atomic E-state index is 0.0152. The van der Waals surface area contributed by atoms with Crippen molar-refractivity contribution in [1.82, 2.24) is 10.3 Å². The van der Waals surface area contributed by atoms with Gasteiger partial charge in [-0.25, -0.2) is 9.78 Å². The van der Waals surface area contributed by atoms with Gasteiger partial charge >= 0.3 is 6.16 Å². The fourth-order valence-corrected chi connectivity index (χ4v) is 5.37. The molecule has 3 rings (SSSR count). The molecule has 7 nitrogen and oxygen atoms in total. The van der Waals surface area contributed by atoms with Gasteiger partial charge < -0.3 is 20.1 Å². The van der Waals surface area contributed by atoms with Crippen LogP contribution in [0.1, 0.15) is 81.5 Å². The average Bonchev–Trinajstić information content (AvgIpc) is 2.77. The fraction of sp³-hybridized carbons (Fsp3) is 0.696. The second-order valence-corrected chi connectivity index (χ2v) is 9.69. The molecule has 2 fully saturated rings. The van der Waals surface area contributed by atoms with Gasteiger partial charge in [0.05, 0.1) is 5.56 Å². The van der Waals surface area contributed by atoms with Crippen molar-refractivity contribution >= 4 is 29.6 Å². The van der Waals surface area contributed by atoms with Gasteiger partial charge in [-0.1, -0.05) is 26.2 Å². The van der Waals surface area contributed by atoms with Crippen LogP contribution in [0.3, 0.4) is 0 Å². The van der Waals surface area contributed by atoms with Gasteiger partial charge in [0.25, 0.3) is 5.91 Å². The van der Waals surface area contributed by atoms with Crippen molar-refractivity contribution in [3.63, 3.8) is 0 Å². The van der Waals surface area contributed by atoms with Crippen LogP contribution >= 0.6 is 11.8 Å². The zero-order valence-corrected chi connectivity index (χ0v) is 19.5. The average molecular weight is 450 g/mol. The minimum Gasteiger partial charge on any atom is -0.450 e. The quantitative estimate of drug-likeness (QED) is 0.422. The lowest BCUT2D eigenvalue weighted by Gasteiger charge is -2.35. The van der Waals surface area contributed by atoms with E-state index in [1.807, 2.05) is 19.2 Å². The summed E-state index contributed by atoms with van der Waals surface area (Å²) in [4.78, 5) is 30.8. The lowest BCUT2D eigenvalue weighted by atomic mass is 9.92. The van der Waals surface area contributed by atoms with Gasteiger partial charge in [0.1, 0.15) is 16.9 Å². The number of carboxylic acid groups (broad SMARTS) is 1. The summed E-state index contributed by atoms with van der Waals surface area (Å²) in [6.45, 7) is 2.13. The molecule has 0 spiro atoms. The summed E-state index contributed by atoms with van der Waals surface area (Å²) in [6, 6.07) is 4.41. The largest absolute Gasteiger partial charge is 0.506 e. The monoisotopic (exact) mass is 449 g/mol. The third-order valence-corrected chi connectivity index (χ3v) is 7.49. The van der Waals surface area contributed by atoms with Crippen LogP contribution in [0.4, 0.5) is 10.6 Å². The summed E-state index contributed by atoms with van der Waals surface area (Å²) >= 11 is 1.64. The molecule has 0 atom stereocenters. The maximum atomic E-state index is 13.0. The molecule has 0 aromatic carbocycles. The Morgan fingerprint density at radius 1 is 1.16 bits per heavy atom. The van der Waals surface area contributed by atoms with Gasteiger partial charge in [0, 0.05) is 19.1 Å². The van der Waals surface area contributed by atoms with E-state index in [9.17, 15) is 9.59 Å².